The van der Waals surface area contributed by atoms with Crippen LogP contribution < -0.4 is 0 Å². The fourth-order valence-corrected chi connectivity index (χ4v) is 4.92. The number of hydrogen-bond donors (Lipinski definition) is 2. The van der Waals surface area contributed by atoms with Crippen molar-refractivity contribution in [3.8, 4) is 17.1 Å². The normalized spacial score (nSPS) is 20.4. The summed E-state index contributed by atoms with van der Waals surface area (Å²) in [5.41, 5.74) is 2.78. The molecule has 1 saturated heterocycles. The lowest BCUT2D eigenvalue weighted by Crippen LogP contribution is -2.57. The fourth-order valence-electron chi connectivity index (χ4n) is 4.92. The first kappa shape index (κ1) is 26.5. The zero-order chi connectivity index (χ0) is 26.5. The number of tetrazole rings is 1. The van der Waals surface area contributed by atoms with E-state index in [0.29, 0.717) is 17.4 Å². The van der Waals surface area contributed by atoms with Crippen molar-refractivity contribution < 1.29 is 19.7 Å². The molecule has 0 radical (unpaired) electrons. The van der Waals surface area contributed by atoms with Gasteiger partial charge in [-0.3, -0.25) is 9.80 Å². The van der Waals surface area contributed by atoms with E-state index >= 15 is 0 Å². The number of aromatic nitrogens is 4. The highest BCUT2D eigenvalue weighted by atomic mass is 16.5. The minimum Gasteiger partial charge on any atom is -0.508 e. The van der Waals surface area contributed by atoms with Crippen LogP contribution in [-0.2, 0) is 9.53 Å². The summed E-state index contributed by atoms with van der Waals surface area (Å²) in [5.74, 6) is -0.647. The minimum absolute atomic E-state index is 0.0672. The first-order valence-corrected chi connectivity index (χ1v) is 12.5. The predicted octanol–water partition coefficient (Wildman–Crippen LogP) is 3.34. The number of aliphatic carboxylic acids is 1. The third kappa shape index (κ3) is 5.87. The SMILES string of the molecule is C=CCN1C[C@H](C)N([C@H](c2ccc(-c3nnn(C(OCC)C(=O)O)n3)cc2)c2cccc(O)c2)C[C@H]1C. The highest BCUT2D eigenvalue weighted by Gasteiger charge is 2.34. The molecule has 10 nitrogen and oxygen atoms in total. The van der Waals surface area contributed by atoms with E-state index in [-0.39, 0.29) is 24.4 Å². The summed E-state index contributed by atoms with van der Waals surface area (Å²) in [5, 5.41) is 31.8. The standard InChI is InChI=1S/C27H34N6O4/c1-5-14-31-16-19(4)32(17-18(31)3)24(22-8-7-9-23(34)15-22)20-10-12-21(13-11-20)25-28-30-33(29-25)26(27(35)36)37-6-2/h5,7-13,15,18-19,24,26,34H,1,6,14,16-17H2,2-4H3,(H,35,36)/t18-,19+,24-,26?/m1/s1. The Kier molecular flexibility index (Phi) is 8.32. The molecule has 4 atom stereocenters. The van der Waals surface area contributed by atoms with Gasteiger partial charge in [-0.25, -0.2) is 4.79 Å². The molecule has 1 fully saturated rings. The number of hydrogen-bond acceptors (Lipinski definition) is 8. The Morgan fingerprint density at radius 1 is 1.16 bits per heavy atom. The van der Waals surface area contributed by atoms with E-state index in [4.69, 9.17) is 4.74 Å². The van der Waals surface area contributed by atoms with Crippen LogP contribution in [0.4, 0.5) is 0 Å². The Balaban J connectivity index is 1.64. The number of ether oxygens (including phenoxy) is 1. The number of nitrogens with zero attached hydrogens (tertiary/aromatic N) is 6. The van der Waals surface area contributed by atoms with Gasteiger partial charge in [0.05, 0.1) is 6.04 Å². The van der Waals surface area contributed by atoms with Gasteiger partial charge in [0, 0.05) is 43.9 Å². The van der Waals surface area contributed by atoms with Crippen molar-refractivity contribution >= 4 is 5.97 Å². The van der Waals surface area contributed by atoms with Crippen molar-refractivity contribution in [2.45, 2.75) is 45.1 Å². The fraction of sp³-hybridized carbons (Fsp3) is 0.407. The lowest BCUT2D eigenvalue weighted by atomic mass is 9.92. The van der Waals surface area contributed by atoms with Crippen LogP contribution in [0.3, 0.4) is 0 Å². The number of carboxylic acid groups (broad SMARTS) is 1. The summed E-state index contributed by atoms with van der Waals surface area (Å²) in [4.78, 5) is 17.4. The van der Waals surface area contributed by atoms with E-state index in [2.05, 4.69) is 45.6 Å². The third-order valence-corrected chi connectivity index (χ3v) is 6.70. The highest BCUT2D eigenvalue weighted by Crippen LogP contribution is 2.35. The highest BCUT2D eigenvalue weighted by molar-refractivity contribution is 5.70. The van der Waals surface area contributed by atoms with Crippen LogP contribution in [0.5, 0.6) is 5.75 Å². The van der Waals surface area contributed by atoms with Crippen molar-refractivity contribution in [3.63, 3.8) is 0 Å². The van der Waals surface area contributed by atoms with E-state index in [1.807, 2.05) is 48.5 Å². The molecule has 1 unspecified atom stereocenters. The molecule has 0 bridgehead atoms. The number of phenols is 1. The van der Waals surface area contributed by atoms with Crippen LogP contribution in [-0.4, -0.2) is 84.5 Å². The van der Waals surface area contributed by atoms with Crippen molar-refractivity contribution in [1.82, 2.24) is 30.0 Å². The van der Waals surface area contributed by atoms with Gasteiger partial charge in [-0.15, -0.1) is 21.6 Å². The Bertz CT molecular complexity index is 1210. The molecule has 0 saturated carbocycles. The number of aromatic hydroxyl groups is 1. The summed E-state index contributed by atoms with van der Waals surface area (Å²) < 4.78 is 5.22. The topological polar surface area (TPSA) is 117 Å². The average molecular weight is 507 g/mol. The maximum atomic E-state index is 11.5. The van der Waals surface area contributed by atoms with Gasteiger partial charge < -0.3 is 14.9 Å². The summed E-state index contributed by atoms with van der Waals surface area (Å²) >= 11 is 0. The molecule has 0 amide bonds. The predicted molar refractivity (Wildman–Crippen MR) is 139 cm³/mol. The molecule has 2 heterocycles. The van der Waals surface area contributed by atoms with Crippen LogP contribution in [0.25, 0.3) is 11.4 Å². The first-order valence-electron chi connectivity index (χ1n) is 12.5. The van der Waals surface area contributed by atoms with E-state index in [1.165, 1.54) is 0 Å². The number of phenolic OH excluding ortho intramolecular Hbond substituents is 1. The molecule has 1 aliphatic heterocycles. The van der Waals surface area contributed by atoms with Gasteiger partial charge >= 0.3 is 5.97 Å². The molecule has 1 aromatic heterocycles. The molecule has 1 aliphatic rings. The van der Waals surface area contributed by atoms with Crippen molar-refractivity contribution in [2.24, 2.45) is 0 Å². The smallest absolute Gasteiger partial charge is 0.357 e. The van der Waals surface area contributed by atoms with Crippen LogP contribution >= 0.6 is 0 Å². The lowest BCUT2D eigenvalue weighted by Gasteiger charge is -2.47. The summed E-state index contributed by atoms with van der Waals surface area (Å²) in [6.45, 7) is 12.9. The molecule has 196 valence electrons. The van der Waals surface area contributed by atoms with Crippen molar-refractivity contribution in [3.05, 3.63) is 72.3 Å². The molecule has 2 aromatic carbocycles. The molecule has 4 rings (SSSR count). The summed E-state index contributed by atoms with van der Waals surface area (Å²) in [6, 6.07) is 15.8. The average Bonchev–Trinajstić information content (AvgIpc) is 3.36. The quantitative estimate of drug-likeness (QED) is 0.399. The van der Waals surface area contributed by atoms with Crippen LogP contribution in [0.2, 0.25) is 0 Å². The van der Waals surface area contributed by atoms with E-state index in [0.717, 1.165) is 35.6 Å². The number of piperazine rings is 1. The Morgan fingerprint density at radius 3 is 2.57 bits per heavy atom. The van der Waals surface area contributed by atoms with Gasteiger partial charge in [-0.2, -0.15) is 0 Å². The number of rotatable bonds is 10. The second kappa shape index (κ2) is 11.6. The molecular weight excluding hydrogens is 472 g/mol. The van der Waals surface area contributed by atoms with Crippen LogP contribution in [0, 0.1) is 0 Å². The maximum Gasteiger partial charge on any atom is 0.357 e. The molecule has 3 aromatic rings. The number of benzene rings is 2. The molecular formula is C27H34N6O4. The van der Waals surface area contributed by atoms with Crippen LogP contribution in [0.1, 0.15) is 44.2 Å². The van der Waals surface area contributed by atoms with Gasteiger partial charge in [0.1, 0.15) is 5.75 Å². The number of carbonyl (C=O) groups is 1. The minimum atomic E-state index is -1.33. The Labute approximate surface area is 216 Å². The van der Waals surface area contributed by atoms with Gasteiger partial charge in [0.25, 0.3) is 6.23 Å². The summed E-state index contributed by atoms with van der Waals surface area (Å²) in [7, 11) is 0. The van der Waals surface area contributed by atoms with Gasteiger partial charge in [0.2, 0.25) is 5.82 Å². The molecule has 37 heavy (non-hydrogen) atoms. The molecule has 0 aliphatic carbocycles. The second-order valence-corrected chi connectivity index (χ2v) is 9.34. The van der Waals surface area contributed by atoms with Crippen molar-refractivity contribution in [1.29, 1.82) is 0 Å². The molecule has 2 N–H and O–H groups in total. The lowest BCUT2D eigenvalue weighted by molar-refractivity contribution is -0.159. The number of carboxylic acids is 1. The van der Waals surface area contributed by atoms with E-state index in [1.54, 1.807) is 13.0 Å². The summed E-state index contributed by atoms with van der Waals surface area (Å²) in [6.07, 6.45) is 0.616. The monoisotopic (exact) mass is 506 g/mol. The van der Waals surface area contributed by atoms with Gasteiger partial charge in [-0.05, 0) is 49.2 Å². The zero-order valence-electron chi connectivity index (χ0n) is 21.4. The van der Waals surface area contributed by atoms with Crippen LogP contribution in [0.15, 0.2) is 61.2 Å². The Hall–Kier alpha value is -3.60. The maximum absolute atomic E-state index is 11.5. The van der Waals surface area contributed by atoms with Gasteiger partial charge in [0.15, 0.2) is 0 Å². The van der Waals surface area contributed by atoms with E-state index in [9.17, 15) is 15.0 Å². The Morgan fingerprint density at radius 2 is 1.92 bits per heavy atom. The molecule has 10 heteroatoms. The zero-order valence-corrected chi connectivity index (χ0v) is 21.4. The third-order valence-electron chi connectivity index (χ3n) is 6.70. The van der Waals surface area contributed by atoms with E-state index < -0.39 is 12.2 Å². The first-order chi connectivity index (χ1) is 17.8. The van der Waals surface area contributed by atoms with Gasteiger partial charge in [-0.1, -0.05) is 42.5 Å². The second-order valence-electron chi connectivity index (χ2n) is 9.34. The molecule has 0 spiro atoms. The van der Waals surface area contributed by atoms with Crippen molar-refractivity contribution in [2.75, 3.05) is 26.2 Å². The largest absolute Gasteiger partial charge is 0.508 e.